The van der Waals surface area contributed by atoms with Crippen LogP contribution in [0.3, 0.4) is 0 Å². The number of aromatic nitrogens is 8. The van der Waals surface area contributed by atoms with Crippen LogP contribution in [0.1, 0.15) is 30.5 Å². The Labute approximate surface area is 213 Å². The highest BCUT2D eigenvalue weighted by Crippen LogP contribution is 2.32. The number of aryl methyl sites for hydroxylation is 1. The van der Waals surface area contributed by atoms with Crippen LogP contribution >= 0.6 is 0 Å². The summed E-state index contributed by atoms with van der Waals surface area (Å²) in [4.78, 5) is 24.1. The van der Waals surface area contributed by atoms with Crippen molar-refractivity contribution in [3.05, 3.63) is 72.8 Å². The molecule has 1 aliphatic heterocycles. The fraction of sp³-hybridized carbons (Fsp3) is 0.250. The first-order valence-corrected chi connectivity index (χ1v) is 12.7. The molecular weight excluding hydrogens is 462 g/mol. The van der Waals surface area contributed by atoms with Gasteiger partial charge in [0.1, 0.15) is 11.3 Å². The first kappa shape index (κ1) is 21.9. The standard InChI is InChI=1S/C28H27N9/c1-18-15-37(17-32-18)25-5-6-30-27-22(25)11-24(33-27)26-23-10-21(14-31-28(23)35-34-26)20-9-19(12-29-13-20)16-36-7-3-2-4-8-36/h5-6,9-15,17H,2-4,7-8,16H2,1H3,(H,30,33)(H,31,34,35). The fourth-order valence-corrected chi connectivity index (χ4v) is 5.29. The number of imidazole rings is 1. The van der Waals surface area contributed by atoms with Gasteiger partial charge in [0, 0.05) is 59.4 Å². The number of rotatable bonds is 5. The predicted octanol–water partition coefficient (Wildman–Crippen LogP) is 5.04. The molecule has 0 aromatic carbocycles. The molecule has 7 rings (SSSR count). The van der Waals surface area contributed by atoms with Crippen LogP contribution in [-0.4, -0.2) is 57.7 Å². The Morgan fingerprint density at radius 2 is 1.78 bits per heavy atom. The fourth-order valence-electron chi connectivity index (χ4n) is 5.29. The zero-order chi connectivity index (χ0) is 24.8. The number of fused-ring (bicyclic) bond motifs is 2. The van der Waals surface area contributed by atoms with Crippen molar-refractivity contribution in [1.82, 2.24) is 44.6 Å². The van der Waals surface area contributed by atoms with Gasteiger partial charge in [0.25, 0.3) is 0 Å². The number of piperidine rings is 1. The molecule has 0 atom stereocenters. The van der Waals surface area contributed by atoms with E-state index >= 15 is 0 Å². The summed E-state index contributed by atoms with van der Waals surface area (Å²) in [6.07, 6.45) is 15.3. The van der Waals surface area contributed by atoms with E-state index in [2.05, 4.69) is 58.2 Å². The SMILES string of the molecule is Cc1cn(-c2ccnc3[nH]c(-c4n[nH]c5ncc(-c6cncc(CN7CCCCC7)c6)cc45)cc23)cn1. The topological polar surface area (TPSA) is 104 Å². The Kier molecular flexibility index (Phi) is 5.28. The molecule has 0 amide bonds. The number of H-pyrrole nitrogens is 2. The van der Waals surface area contributed by atoms with Gasteiger partial charge in [0.05, 0.1) is 23.4 Å². The molecule has 184 valence electrons. The minimum atomic E-state index is 0.744. The van der Waals surface area contributed by atoms with E-state index in [1.807, 2.05) is 48.7 Å². The molecule has 1 saturated heterocycles. The highest BCUT2D eigenvalue weighted by atomic mass is 15.2. The summed E-state index contributed by atoms with van der Waals surface area (Å²) in [5.41, 5.74) is 8.54. The van der Waals surface area contributed by atoms with Crippen molar-refractivity contribution in [2.45, 2.75) is 32.7 Å². The van der Waals surface area contributed by atoms with E-state index in [9.17, 15) is 0 Å². The molecule has 0 bridgehead atoms. The molecule has 37 heavy (non-hydrogen) atoms. The second-order valence-electron chi connectivity index (χ2n) is 9.81. The predicted molar refractivity (Wildman–Crippen MR) is 143 cm³/mol. The van der Waals surface area contributed by atoms with Crippen molar-refractivity contribution in [1.29, 1.82) is 0 Å². The smallest absolute Gasteiger partial charge is 0.155 e. The first-order chi connectivity index (χ1) is 18.2. The van der Waals surface area contributed by atoms with Crippen LogP contribution in [0.2, 0.25) is 0 Å². The number of nitrogens with one attached hydrogen (secondary N) is 2. The Morgan fingerprint density at radius 1 is 0.892 bits per heavy atom. The highest BCUT2D eigenvalue weighted by molar-refractivity contribution is 5.97. The van der Waals surface area contributed by atoms with Gasteiger partial charge in [-0.25, -0.2) is 15.0 Å². The van der Waals surface area contributed by atoms with Gasteiger partial charge in [0.15, 0.2) is 5.65 Å². The Balaban J connectivity index is 1.26. The molecule has 1 aliphatic rings. The lowest BCUT2D eigenvalue weighted by Crippen LogP contribution is -2.29. The largest absolute Gasteiger partial charge is 0.338 e. The number of aromatic amines is 2. The molecule has 9 nitrogen and oxygen atoms in total. The van der Waals surface area contributed by atoms with E-state index in [0.29, 0.717) is 0 Å². The van der Waals surface area contributed by atoms with Crippen molar-refractivity contribution >= 4 is 22.1 Å². The Morgan fingerprint density at radius 3 is 2.65 bits per heavy atom. The molecule has 0 unspecified atom stereocenters. The van der Waals surface area contributed by atoms with Crippen LogP contribution in [0.5, 0.6) is 0 Å². The lowest BCUT2D eigenvalue weighted by molar-refractivity contribution is 0.220. The highest BCUT2D eigenvalue weighted by Gasteiger charge is 2.16. The Hall–Kier alpha value is -4.37. The minimum absolute atomic E-state index is 0.744. The third-order valence-electron chi connectivity index (χ3n) is 7.15. The molecule has 0 radical (unpaired) electrons. The van der Waals surface area contributed by atoms with Crippen molar-refractivity contribution in [2.75, 3.05) is 13.1 Å². The number of hydrogen-bond donors (Lipinski definition) is 2. The maximum atomic E-state index is 4.67. The van der Waals surface area contributed by atoms with Crippen LogP contribution in [-0.2, 0) is 6.54 Å². The normalized spacial score (nSPS) is 14.6. The molecule has 7 heterocycles. The summed E-state index contributed by atoms with van der Waals surface area (Å²) < 4.78 is 2.02. The molecule has 0 spiro atoms. The van der Waals surface area contributed by atoms with Gasteiger partial charge in [0.2, 0.25) is 0 Å². The van der Waals surface area contributed by atoms with Crippen LogP contribution in [0.4, 0.5) is 0 Å². The lowest BCUT2D eigenvalue weighted by atomic mass is 10.0. The van der Waals surface area contributed by atoms with Gasteiger partial charge >= 0.3 is 0 Å². The maximum Gasteiger partial charge on any atom is 0.155 e. The zero-order valence-corrected chi connectivity index (χ0v) is 20.6. The molecule has 6 aromatic heterocycles. The summed E-state index contributed by atoms with van der Waals surface area (Å²) in [5, 5.41) is 9.65. The van der Waals surface area contributed by atoms with E-state index < -0.39 is 0 Å². The van der Waals surface area contributed by atoms with Crippen LogP contribution < -0.4 is 0 Å². The van der Waals surface area contributed by atoms with Crippen LogP contribution in [0.15, 0.2) is 61.6 Å². The number of hydrogen-bond acceptors (Lipinski definition) is 6. The quantitative estimate of drug-likeness (QED) is 0.351. The molecule has 1 fully saturated rings. The number of likely N-dealkylation sites (tertiary alicyclic amines) is 1. The average molecular weight is 490 g/mol. The Bertz CT molecular complexity index is 1720. The van der Waals surface area contributed by atoms with Gasteiger partial charge in [-0.1, -0.05) is 6.42 Å². The summed E-state index contributed by atoms with van der Waals surface area (Å²) >= 11 is 0. The van der Waals surface area contributed by atoms with Gasteiger partial charge in [-0.3, -0.25) is 15.0 Å². The van der Waals surface area contributed by atoms with Crippen molar-refractivity contribution in [3.63, 3.8) is 0 Å². The van der Waals surface area contributed by atoms with Crippen molar-refractivity contribution in [2.24, 2.45) is 0 Å². The molecule has 0 saturated carbocycles. The molecular formula is C28H27N9. The van der Waals surface area contributed by atoms with Crippen molar-refractivity contribution in [3.8, 4) is 28.2 Å². The summed E-state index contributed by atoms with van der Waals surface area (Å²) in [6, 6.07) is 8.46. The minimum Gasteiger partial charge on any atom is -0.338 e. The molecule has 0 aliphatic carbocycles. The summed E-state index contributed by atoms with van der Waals surface area (Å²) in [6.45, 7) is 5.25. The lowest BCUT2D eigenvalue weighted by Gasteiger charge is -2.26. The number of nitrogens with zero attached hydrogens (tertiary/aromatic N) is 7. The van der Waals surface area contributed by atoms with E-state index in [-0.39, 0.29) is 0 Å². The maximum absolute atomic E-state index is 4.67. The monoisotopic (exact) mass is 489 g/mol. The van der Waals surface area contributed by atoms with E-state index in [1.54, 1.807) is 6.20 Å². The van der Waals surface area contributed by atoms with Crippen LogP contribution in [0, 0.1) is 6.92 Å². The molecule has 2 N–H and O–H groups in total. The average Bonchev–Trinajstić information content (AvgIpc) is 3.66. The summed E-state index contributed by atoms with van der Waals surface area (Å²) in [7, 11) is 0. The van der Waals surface area contributed by atoms with Crippen molar-refractivity contribution < 1.29 is 0 Å². The number of pyridine rings is 3. The third-order valence-corrected chi connectivity index (χ3v) is 7.15. The summed E-state index contributed by atoms with van der Waals surface area (Å²) in [5.74, 6) is 0. The van der Waals surface area contributed by atoms with E-state index in [0.717, 1.165) is 75.6 Å². The molecule has 6 aromatic rings. The van der Waals surface area contributed by atoms with Gasteiger partial charge in [-0.05, 0) is 62.7 Å². The van der Waals surface area contributed by atoms with Gasteiger partial charge < -0.3 is 9.55 Å². The molecule has 9 heteroatoms. The van der Waals surface area contributed by atoms with Gasteiger partial charge in [-0.2, -0.15) is 5.10 Å². The van der Waals surface area contributed by atoms with E-state index in [1.165, 1.54) is 24.8 Å². The van der Waals surface area contributed by atoms with Gasteiger partial charge in [-0.15, -0.1) is 0 Å². The second-order valence-corrected chi connectivity index (χ2v) is 9.81. The first-order valence-electron chi connectivity index (χ1n) is 12.7. The second kappa shape index (κ2) is 8.94. The van der Waals surface area contributed by atoms with E-state index in [4.69, 9.17) is 0 Å². The van der Waals surface area contributed by atoms with Crippen LogP contribution in [0.25, 0.3) is 50.3 Å². The zero-order valence-electron chi connectivity index (χ0n) is 20.6. The third kappa shape index (κ3) is 4.07.